The first-order chi connectivity index (χ1) is 6.41. The average molecular weight is 185 g/mol. The van der Waals surface area contributed by atoms with Crippen LogP contribution in [-0.4, -0.2) is 7.05 Å². The molecule has 0 aromatic carbocycles. The van der Waals surface area contributed by atoms with E-state index in [2.05, 4.69) is 12.3 Å². The maximum atomic E-state index is 4.50. The molecule has 0 fully saturated rings. The van der Waals surface area contributed by atoms with Gasteiger partial charge in [-0.3, -0.25) is 0 Å². The van der Waals surface area contributed by atoms with Crippen molar-refractivity contribution < 1.29 is 0 Å². The largest absolute Gasteiger partial charge is 0.333 e. The Morgan fingerprint density at radius 2 is 1.23 bits per heavy atom. The minimum atomic E-state index is 1.50. The second kappa shape index (κ2) is 66.3. The first-order valence-corrected chi connectivity index (χ1v) is 4.90. The SMILES string of the molecule is C=C/C=C\C=C/C.CC.CC.CN. The van der Waals surface area contributed by atoms with Crippen LogP contribution in [0.1, 0.15) is 34.6 Å². The van der Waals surface area contributed by atoms with Crippen molar-refractivity contribution in [3.63, 3.8) is 0 Å². The summed E-state index contributed by atoms with van der Waals surface area (Å²) in [6.07, 6.45) is 9.51. The maximum absolute atomic E-state index is 4.50. The Morgan fingerprint density at radius 3 is 1.46 bits per heavy atom. The van der Waals surface area contributed by atoms with Gasteiger partial charge in [0.25, 0.3) is 0 Å². The van der Waals surface area contributed by atoms with E-state index in [1.165, 1.54) is 7.05 Å². The van der Waals surface area contributed by atoms with Crippen LogP contribution in [0, 0.1) is 0 Å². The van der Waals surface area contributed by atoms with E-state index in [1.54, 1.807) is 6.08 Å². The Hall–Kier alpha value is -0.820. The summed E-state index contributed by atoms with van der Waals surface area (Å²) >= 11 is 0. The Balaban J connectivity index is -0.0000000573. The van der Waals surface area contributed by atoms with Crippen molar-refractivity contribution in [3.05, 3.63) is 37.0 Å². The van der Waals surface area contributed by atoms with E-state index < -0.39 is 0 Å². The van der Waals surface area contributed by atoms with Gasteiger partial charge < -0.3 is 5.73 Å². The van der Waals surface area contributed by atoms with E-state index in [1.807, 2.05) is 58.9 Å². The smallest absolute Gasteiger partial charge is 0.0195 e. The molecule has 0 bridgehead atoms. The molecule has 0 rings (SSSR count). The molecule has 0 amide bonds. The number of nitrogens with two attached hydrogens (primary N) is 1. The predicted octanol–water partition coefficient (Wildman–Crippen LogP) is 3.93. The van der Waals surface area contributed by atoms with Crippen LogP contribution in [0.3, 0.4) is 0 Å². The Bertz CT molecular complexity index is 91.3. The molecule has 0 aliphatic heterocycles. The predicted molar refractivity (Wildman–Crippen MR) is 67.0 cm³/mol. The summed E-state index contributed by atoms with van der Waals surface area (Å²) in [6.45, 7) is 13.5. The molecule has 1 nitrogen and oxygen atoms in total. The van der Waals surface area contributed by atoms with Gasteiger partial charge >= 0.3 is 0 Å². The lowest BCUT2D eigenvalue weighted by Gasteiger charge is -1.65. The minimum Gasteiger partial charge on any atom is -0.333 e. The fraction of sp³-hybridized carbons (Fsp3) is 0.500. The van der Waals surface area contributed by atoms with Gasteiger partial charge in [0.15, 0.2) is 0 Å². The van der Waals surface area contributed by atoms with Gasteiger partial charge in [-0.1, -0.05) is 64.7 Å². The average Bonchev–Trinajstić information content (AvgIpc) is 2.27. The van der Waals surface area contributed by atoms with Crippen LogP contribution in [0.15, 0.2) is 37.0 Å². The molecule has 80 valence electrons. The van der Waals surface area contributed by atoms with Crippen LogP contribution in [0.2, 0.25) is 0 Å². The standard InChI is InChI=1S/C7H10.2C2H6.CH5N/c1-3-5-7-6-4-2;3*1-2/h3-7H,1H2,2H3;2*1-2H3;2H2,1H3/b6-4-,7-5-;;;. The first kappa shape index (κ1) is 22.8. The van der Waals surface area contributed by atoms with E-state index in [9.17, 15) is 0 Å². The van der Waals surface area contributed by atoms with Crippen molar-refractivity contribution in [1.82, 2.24) is 0 Å². The molecular formula is C12H27N. The molecule has 0 saturated heterocycles. The zero-order valence-corrected chi connectivity index (χ0v) is 10.2. The van der Waals surface area contributed by atoms with Crippen molar-refractivity contribution >= 4 is 0 Å². The fourth-order valence-corrected chi connectivity index (χ4v) is 0.254. The molecule has 0 aromatic rings. The molecular weight excluding hydrogens is 158 g/mol. The molecule has 0 aromatic heterocycles. The Kier molecular flexibility index (Phi) is 116. The van der Waals surface area contributed by atoms with Gasteiger partial charge in [-0.2, -0.15) is 0 Å². The van der Waals surface area contributed by atoms with Crippen molar-refractivity contribution in [3.8, 4) is 0 Å². The van der Waals surface area contributed by atoms with Crippen LogP contribution < -0.4 is 5.73 Å². The van der Waals surface area contributed by atoms with Crippen molar-refractivity contribution in [2.75, 3.05) is 7.05 Å². The molecule has 2 N–H and O–H groups in total. The summed E-state index contributed by atoms with van der Waals surface area (Å²) in [5.74, 6) is 0. The summed E-state index contributed by atoms with van der Waals surface area (Å²) in [5, 5.41) is 0. The number of allylic oxidation sites excluding steroid dienone is 5. The van der Waals surface area contributed by atoms with Crippen LogP contribution >= 0.6 is 0 Å². The quantitative estimate of drug-likeness (QED) is 0.648. The zero-order valence-electron chi connectivity index (χ0n) is 10.2. The van der Waals surface area contributed by atoms with E-state index in [4.69, 9.17) is 0 Å². The highest BCUT2D eigenvalue weighted by Crippen LogP contribution is 1.74. The van der Waals surface area contributed by atoms with Gasteiger partial charge in [-0.05, 0) is 14.0 Å². The van der Waals surface area contributed by atoms with Crippen LogP contribution in [0.4, 0.5) is 0 Å². The van der Waals surface area contributed by atoms with E-state index >= 15 is 0 Å². The summed E-state index contributed by atoms with van der Waals surface area (Å²) in [5.41, 5.74) is 4.50. The molecule has 0 aliphatic carbocycles. The van der Waals surface area contributed by atoms with Crippen molar-refractivity contribution in [1.29, 1.82) is 0 Å². The fourth-order valence-electron chi connectivity index (χ4n) is 0.254. The second-order valence-corrected chi connectivity index (χ2v) is 1.15. The Morgan fingerprint density at radius 1 is 0.846 bits per heavy atom. The van der Waals surface area contributed by atoms with Gasteiger partial charge in [-0.25, -0.2) is 0 Å². The molecule has 0 atom stereocenters. The Labute approximate surface area is 85.0 Å². The molecule has 0 unspecified atom stereocenters. The molecule has 0 saturated carbocycles. The van der Waals surface area contributed by atoms with Gasteiger partial charge in [0.05, 0.1) is 0 Å². The summed E-state index contributed by atoms with van der Waals surface area (Å²) in [7, 11) is 1.50. The topological polar surface area (TPSA) is 26.0 Å². The van der Waals surface area contributed by atoms with Crippen molar-refractivity contribution in [2.45, 2.75) is 34.6 Å². The normalized spacial score (nSPS) is 7.31. The minimum absolute atomic E-state index is 1.50. The van der Waals surface area contributed by atoms with Gasteiger partial charge in [0.1, 0.15) is 0 Å². The summed E-state index contributed by atoms with van der Waals surface area (Å²) in [4.78, 5) is 0. The molecule has 1 heteroatoms. The highest BCUT2D eigenvalue weighted by Gasteiger charge is 1.52. The third-order valence-electron chi connectivity index (χ3n) is 0.551. The van der Waals surface area contributed by atoms with Crippen molar-refractivity contribution in [2.24, 2.45) is 5.73 Å². The lowest BCUT2D eigenvalue weighted by Crippen LogP contribution is -1.69. The summed E-state index contributed by atoms with van der Waals surface area (Å²) in [6, 6.07) is 0. The second-order valence-electron chi connectivity index (χ2n) is 1.15. The highest BCUT2D eigenvalue weighted by molar-refractivity contribution is 5.07. The molecule has 0 radical (unpaired) electrons. The number of hydrogen-bond acceptors (Lipinski definition) is 1. The highest BCUT2D eigenvalue weighted by atomic mass is 14.4. The lowest BCUT2D eigenvalue weighted by molar-refractivity contribution is 1.48. The van der Waals surface area contributed by atoms with Gasteiger partial charge in [-0.15, -0.1) is 0 Å². The number of rotatable bonds is 2. The maximum Gasteiger partial charge on any atom is -0.0195 e. The zero-order chi connectivity index (χ0) is 11.5. The molecule has 0 aliphatic rings. The van der Waals surface area contributed by atoms with E-state index in [0.29, 0.717) is 0 Å². The first-order valence-electron chi connectivity index (χ1n) is 4.90. The van der Waals surface area contributed by atoms with Gasteiger partial charge in [0, 0.05) is 0 Å². The van der Waals surface area contributed by atoms with Crippen LogP contribution in [0.25, 0.3) is 0 Å². The third kappa shape index (κ3) is 93.2. The third-order valence-corrected chi connectivity index (χ3v) is 0.551. The molecule has 0 spiro atoms. The monoisotopic (exact) mass is 185 g/mol. The van der Waals surface area contributed by atoms with E-state index in [-0.39, 0.29) is 0 Å². The lowest BCUT2D eigenvalue weighted by atomic mass is 10.4. The van der Waals surface area contributed by atoms with Crippen LogP contribution in [-0.2, 0) is 0 Å². The molecule has 0 heterocycles. The molecule has 13 heavy (non-hydrogen) atoms. The number of hydrogen-bond donors (Lipinski definition) is 1. The van der Waals surface area contributed by atoms with Crippen LogP contribution in [0.5, 0.6) is 0 Å². The van der Waals surface area contributed by atoms with Gasteiger partial charge in [0.2, 0.25) is 0 Å². The summed E-state index contributed by atoms with van der Waals surface area (Å²) < 4.78 is 0. The van der Waals surface area contributed by atoms with E-state index in [0.717, 1.165) is 0 Å².